The van der Waals surface area contributed by atoms with Crippen LogP contribution in [-0.2, 0) is 0 Å². The molecule has 0 heterocycles. The lowest BCUT2D eigenvalue weighted by Crippen LogP contribution is -2.45. The molecule has 4 fully saturated rings. The van der Waals surface area contributed by atoms with Crippen molar-refractivity contribution in [2.75, 3.05) is 5.43 Å². The number of benzene rings is 1. The standard InChI is InChI=1S/C16H15F5N2/c17-10-11(18)13(20)16(14(21)12(10)19)23-22-15-8-2-6-1-7(4-8)5-9(15)3-6/h6-9,23H,1-5H2. The third-order valence-electron chi connectivity index (χ3n) is 5.48. The van der Waals surface area contributed by atoms with Crippen molar-refractivity contribution >= 4 is 11.4 Å². The second-order valence-electron chi connectivity index (χ2n) is 6.90. The van der Waals surface area contributed by atoms with Gasteiger partial charge < -0.3 is 0 Å². The van der Waals surface area contributed by atoms with Gasteiger partial charge in [-0.25, -0.2) is 22.0 Å². The summed E-state index contributed by atoms with van der Waals surface area (Å²) in [5.74, 6) is -7.94. The summed E-state index contributed by atoms with van der Waals surface area (Å²) in [6, 6.07) is 0. The third-order valence-corrected chi connectivity index (χ3v) is 5.48. The molecule has 0 spiro atoms. The van der Waals surface area contributed by atoms with Gasteiger partial charge in [-0.15, -0.1) is 0 Å². The quantitative estimate of drug-likeness (QED) is 0.364. The molecule has 2 nitrogen and oxygen atoms in total. The Morgan fingerprint density at radius 3 is 1.57 bits per heavy atom. The predicted octanol–water partition coefficient (Wildman–Crippen LogP) is 4.61. The van der Waals surface area contributed by atoms with Crippen LogP contribution in [0.3, 0.4) is 0 Å². The van der Waals surface area contributed by atoms with Crippen molar-refractivity contribution < 1.29 is 22.0 Å². The van der Waals surface area contributed by atoms with Crippen LogP contribution in [0, 0.1) is 52.8 Å². The molecule has 1 aromatic rings. The summed E-state index contributed by atoms with van der Waals surface area (Å²) in [6.45, 7) is 0. The maximum Gasteiger partial charge on any atom is 0.200 e. The molecule has 0 unspecified atom stereocenters. The highest BCUT2D eigenvalue weighted by molar-refractivity contribution is 5.91. The van der Waals surface area contributed by atoms with Crippen molar-refractivity contribution in [1.82, 2.24) is 0 Å². The first-order valence-corrected chi connectivity index (χ1v) is 7.80. The maximum atomic E-state index is 13.7. The Labute approximate surface area is 129 Å². The van der Waals surface area contributed by atoms with Gasteiger partial charge in [-0.2, -0.15) is 5.10 Å². The highest BCUT2D eigenvalue weighted by Crippen LogP contribution is 2.52. The smallest absolute Gasteiger partial charge is 0.200 e. The van der Waals surface area contributed by atoms with Gasteiger partial charge in [-0.3, -0.25) is 5.43 Å². The van der Waals surface area contributed by atoms with Crippen LogP contribution in [0.5, 0.6) is 0 Å². The molecule has 0 radical (unpaired) electrons. The summed E-state index contributed by atoms with van der Waals surface area (Å²) in [5, 5.41) is 4.06. The zero-order valence-electron chi connectivity index (χ0n) is 12.2. The highest BCUT2D eigenvalue weighted by Gasteiger charge is 2.46. The molecule has 0 aromatic heterocycles. The van der Waals surface area contributed by atoms with E-state index in [1.807, 2.05) is 0 Å². The van der Waals surface area contributed by atoms with Crippen LogP contribution in [0.2, 0.25) is 0 Å². The molecule has 1 N–H and O–H groups in total. The zero-order valence-corrected chi connectivity index (χ0v) is 12.2. The normalized spacial score (nSPS) is 31.6. The van der Waals surface area contributed by atoms with Crippen LogP contribution >= 0.6 is 0 Å². The molecule has 4 bridgehead atoms. The minimum atomic E-state index is -2.16. The Kier molecular flexibility index (Phi) is 3.35. The van der Waals surface area contributed by atoms with Crippen molar-refractivity contribution in [2.45, 2.75) is 32.1 Å². The molecule has 0 amide bonds. The van der Waals surface area contributed by atoms with Crippen LogP contribution in [0.25, 0.3) is 0 Å². The number of halogens is 5. The summed E-state index contributed by atoms with van der Waals surface area (Å²) >= 11 is 0. The SMILES string of the molecule is Fc1c(F)c(F)c(NN=C2C3CC4CC(C3)CC2C4)c(F)c1F. The summed E-state index contributed by atoms with van der Waals surface area (Å²) < 4.78 is 66.8. The van der Waals surface area contributed by atoms with E-state index in [1.165, 1.54) is 6.42 Å². The lowest BCUT2D eigenvalue weighted by Gasteiger charge is -2.50. The first kappa shape index (κ1) is 14.9. The number of anilines is 1. The maximum absolute atomic E-state index is 13.7. The number of rotatable bonds is 2. The van der Waals surface area contributed by atoms with E-state index in [1.54, 1.807) is 0 Å². The zero-order chi connectivity index (χ0) is 16.3. The minimum absolute atomic E-state index is 0.264. The number of hydrogen-bond acceptors (Lipinski definition) is 2. The Morgan fingerprint density at radius 1 is 0.652 bits per heavy atom. The van der Waals surface area contributed by atoms with E-state index in [9.17, 15) is 22.0 Å². The average Bonchev–Trinajstić information content (AvgIpc) is 2.52. The van der Waals surface area contributed by atoms with Gasteiger partial charge in [0.1, 0.15) is 5.69 Å². The van der Waals surface area contributed by atoms with Gasteiger partial charge in [0, 0.05) is 5.71 Å². The van der Waals surface area contributed by atoms with E-state index in [-0.39, 0.29) is 11.8 Å². The Morgan fingerprint density at radius 2 is 1.09 bits per heavy atom. The second-order valence-corrected chi connectivity index (χ2v) is 6.90. The highest BCUT2D eigenvalue weighted by atomic mass is 19.2. The molecule has 5 rings (SSSR count). The minimum Gasteiger partial charge on any atom is -0.272 e. The first-order chi connectivity index (χ1) is 11.0. The molecule has 0 atom stereocenters. The van der Waals surface area contributed by atoms with Gasteiger partial charge >= 0.3 is 0 Å². The molecular formula is C16H15F5N2. The molecule has 23 heavy (non-hydrogen) atoms. The summed E-state index contributed by atoms with van der Waals surface area (Å²) in [5.41, 5.74) is 1.85. The number of nitrogens with one attached hydrogen (secondary N) is 1. The van der Waals surface area contributed by atoms with Crippen molar-refractivity contribution in [2.24, 2.45) is 28.8 Å². The Balaban J connectivity index is 1.65. The van der Waals surface area contributed by atoms with E-state index < -0.39 is 34.8 Å². The molecule has 4 aliphatic carbocycles. The monoisotopic (exact) mass is 330 g/mol. The van der Waals surface area contributed by atoms with E-state index >= 15 is 0 Å². The fraction of sp³-hybridized carbons (Fsp3) is 0.562. The van der Waals surface area contributed by atoms with Gasteiger partial charge in [-0.1, -0.05) is 0 Å². The second kappa shape index (κ2) is 5.18. The predicted molar refractivity (Wildman–Crippen MR) is 74.3 cm³/mol. The summed E-state index contributed by atoms with van der Waals surface area (Å²) in [7, 11) is 0. The third kappa shape index (κ3) is 2.23. The Bertz CT molecular complexity index is 641. The van der Waals surface area contributed by atoms with E-state index in [2.05, 4.69) is 10.5 Å². The lowest BCUT2D eigenvalue weighted by atomic mass is 9.55. The molecule has 0 saturated heterocycles. The van der Waals surface area contributed by atoms with Crippen molar-refractivity contribution in [3.05, 3.63) is 29.1 Å². The van der Waals surface area contributed by atoms with Crippen molar-refractivity contribution in [3.63, 3.8) is 0 Å². The summed E-state index contributed by atoms with van der Waals surface area (Å²) in [6.07, 6.45) is 5.26. The van der Waals surface area contributed by atoms with Crippen LogP contribution in [0.4, 0.5) is 27.6 Å². The molecule has 4 saturated carbocycles. The Hall–Kier alpha value is -1.66. The van der Waals surface area contributed by atoms with E-state index in [0.717, 1.165) is 31.4 Å². The van der Waals surface area contributed by atoms with Gasteiger partial charge in [-0.05, 0) is 55.8 Å². The van der Waals surface area contributed by atoms with Crippen LogP contribution < -0.4 is 5.43 Å². The number of nitrogens with zero attached hydrogens (tertiary/aromatic N) is 1. The van der Waals surface area contributed by atoms with Gasteiger partial charge in [0.2, 0.25) is 5.82 Å². The van der Waals surface area contributed by atoms with E-state index in [4.69, 9.17) is 0 Å². The molecule has 124 valence electrons. The van der Waals surface area contributed by atoms with Crippen LogP contribution in [-0.4, -0.2) is 5.71 Å². The average molecular weight is 330 g/mol. The molecule has 4 aliphatic rings. The van der Waals surface area contributed by atoms with Crippen LogP contribution in [0.15, 0.2) is 5.10 Å². The summed E-state index contributed by atoms with van der Waals surface area (Å²) in [4.78, 5) is 0. The topological polar surface area (TPSA) is 24.4 Å². The molecular weight excluding hydrogens is 315 g/mol. The van der Waals surface area contributed by atoms with Crippen molar-refractivity contribution in [3.8, 4) is 0 Å². The molecule has 1 aromatic carbocycles. The number of hydrazone groups is 1. The fourth-order valence-electron chi connectivity index (χ4n) is 4.67. The van der Waals surface area contributed by atoms with Gasteiger partial charge in [0.05, 0.1) is 0 Å². The van der Waals surface area contributed by atoms with Gasteiger partial charge in [0.15, 0.2) is 23.3 Å². The van der Waals surface area contributed by atoms with E-state index in [0.29, 0.717) is 11.8 Å². The number of hydrogen-bond donors (Lipinski definition) is 1. The lowest BCUT2D eigenvalue weighted by molar-refractivity contribution is 0.108. The fourth-order valence-corrected chi connectivity index (χ4v) is 4.67. The molecule has 7 heteroatoms. The van der Waals surface area contributed by atoms with Gasteiger partial charge in [0.25, 0.3) is 0 Å². The largest absolute Gasteiger partial charge is 0.272 e. The van der Waals surface area contributed by atoms with Crippen LogP contribution in [0.1, 0.15) is 32.1 Å². The molecule has 0 aliphatic heterocycles. The first-order valence-electron chi connectivity index (χ1n) is 7.80. The van der Waals surface area contributed by atoms with Crippen molar-refractivity contribution in [1.29, 1.82) is 0 Å².